The molecule has 1 unspecified atom stereocenters. The zero-order valence-electron chi connectivity index (χ0n) is 12.5. The molecule has 19 heavy (non-hydrogen) atoms. The van der Waals surface area contributed by atoms with Crippen molar-refractivity contribution in [3.63, 3.8) is 0 Å². The van der Waals surface area contributed by atoms with Crippen molar-refractivity contribution in [3.05, 3.63) is 23.8 Å². The van der Waals surface area contributed by atoms with E-state index in [4.69, 9.17) is 0 Å². The summed E-state index contributed by atoms with van der Waals surface area (Å²) in [5.74, 6) is 2.58. The van der Waals surface area contributed by atoms with Crippen LogP contribution in [-0.4, -0.2) is 16.5 Å². The third kappa shape index (κ3) is 4.00. The van der Waals surface area contributed by atoms with E-state index in [1.807, 2.05) is 19.3 Å². The molecular weight excluding hydrogens is 234 g/mol. The number of hydrogen-bond acceptors (Lipinski definition) is 3. The topological polar surface area (TPSA) is 37.8 Å². The van der Waals surface area contributed by atoms with Crippen molar-refractivity contribution in [3.8, 4) is 0 Å². The SMILES string of the molecule is CCCNC(c1ncc(C)cn1)C1CCC(C)CC1. The summed E-state index contributed by atoms with van der Waals surface area (Å²) in [5, 5.41) is 3.66. The lowest BCUT2D eigenvalue weighted by Crippen LogP contribution is -2.32. The molecule has 1 N–H and O–H groups in total. The predicted octanol–water partition coefficient (Wildman–Crippen LogP) is 3.65. The van der Waals surface area contributed by atoms with Gasteiger partial charge in [0.1, 0.15) is 5.82 Å². The van der Waals surface area contributed by atoms with Crippen molar-refractivity contribution in [1.29, 1.82) is 0 Å². The van der Waals surface area contributed by atoms with E-state index < -0.39 is 0 Å². The lowest BCUT2D eigenvalue weighted by atomic mass is 9.79. The Labute approximate surface area is 117 Å². The Bertz CT molecular complexity index is 366. The average Bonchev–Trinajstić information content (AvgIpc) is 2.43. The first-order chi connectivity index (χ1) is 9.20. The molecule has 106 valence electrons. The first-order valence-corrected chi connectivity index (χ1v) is 7.72. The van der Waals surface area contributed by atoms with Crippen LogP contribution in [0, 0.1) is 18.8 Å². The molecule has 1 aliphatic rings. The van der Waals surface area contributed by atoms with Gasteiger partial charge in [0.05, 0.1) is 6.04 Å². The van der Waals surface area contributed by atoms with Crippen LogP contribution in [0.4, 0.5) is 0 Å². The molecule has 0 saturated heterocycles. The fourth-order valence-electron chi connectivity index (χ4n) is 2.95. The van der Waals surface area contributed by atoms with Crippen LogP contribution >= 0.6 is 0 Å². The summed E-state index contributed by atoms with van der Waals surface area (Å²) < 4.78 is 0. The van der Waals surface area contributed by atoms with Crippen LogP contribution in [0.25, 0.3) is 0 Å². The summed E-state index contributed by atoms with van der Waals surface area (Å²) in [6, 6.07) is 0.341. The van der Waals surface area contributed by atoms with Gasteiger partial charge in [-0.3, -0.25) is 0 Å². The first kappa shape index (κ1) is 14.4. The molecule has 1 aromatic rings. The second kappa shape index (κ2) is 6.99. The Morgan fingerprint density at radius 3 is 2.42 bits per heavy atom. The van der Waals surface area contributed by atoms with Crippen LogP contribution in [0.1, 0.15) is 63.4 Å². The smallest absolute Gasteiger partial charge is 0.145 e. The number of rotatable bonds is 5. The fourth-order valence-corrected chi connectivity index (χ4v) is 2.95. The van der Waals surface area contributed by atoms with E-state index in [-0.39, 0.29) is 0 Å². The quantitative estimate of drug-likeness (QED) is 0.879. The second-order valence-electron chi connectivity index (χ2n) is 6.07. The predicted molar refractivity (Wildman–Crippen MR) is 78.9 cm³/mol. The van der Waals surface area contributed by atoms with E-state index in [2.05, 4.69) is 29.1 Å². The van der Waals surface area contributed by atoms with Gasteiger partial charge in [-0.2, -0.15) is 0 Å². The van der Waals surface area contributed by atoms with E-state index in [9.17, 15) is 0 Å². The molecule has 2 rings (SSSR count). The number of hydrogen-bond donors (Lipinski definition) is 1. The van der Waals surface area contributed by atoms with Crippen LogP contribution in [0.5, 0.6) is 0 Å². The lowest BCUT2D eigenvalue weighted by Gasteiger charge is -2.32. The molecule has 0 amide bonds. The molecule has 1 heterocycles. The maximum absolute atomic E-state index is 4.55. The second-order valence-corrected chi connectivity index (χ2v) is 6.07. The Kier molecular flexibility index (Phi) is 5.32. The number of nitrogens with one attached hydrogen (secondary N) is 1. The molecule has 1 aromatic heterocycles. The molecule has 0 aliphatic heterocycles. The van der Waals surface area contributed by atoms with Gasteiger partial charge in [-0.05, 0) is 50.1 Å². The molecular formula is C16H27N3. The summed E-state index contributed by atoms with van der Waals surface area (Å²) in [7, 11) is 0. The standard InChI is InChI=1S/C16H27N3/c1-4-9-17-15(14-7-5-12(2)6-8-14)16-18-10-13(3)11-19-16/h10-12,14-15,17H,4-9H2,1-3H3. The Morgan fingerprint density at radius 2 is 1.84 bits per heavy atom. The third-order valence-electron chi connectivity index (χ3n) is 4.23. The number of aryl methyl sites for hydroxylation is 1. The maximum Gasteiger partial charge on any atom is 0.145 e. The highest BCUT2D eigenvalue weighted by Gasteiger charge is 2.28. The van der Waals surface area contributed by atoms with Crippen LogP contribution in [0.15, 0.2) is 12.4 Å². The molecule has 3 heteroatoms. The summed E-state index contributed by atoms with van der Waals surface area (Å²) in [6.07, 6.45) is 10.3. The number of aromatic nitrogens is 2. The highest BCUT2D eigenvalue weighted by molar-refractivity contribution is 5.06. The van der Waals surface area contributed by atoms with Crippen molar-refractivity contribution in [2.75, 3.05) is 6.54 Å². The van der Waals surface area contributed by atoms with E-state index in [1.54, 1.807) is 0 Å². The van der Waals surface area contributed by atoms with Gasteiger partial charge in [0.25, 0.3) is 0 Å². The van der Waals surface area contributed by atoms with Gasteiger partial charge in [-0.25, -0.2) is 9.97 Å². The van der Waals surface area contributed by atoms with Crippen molar-refractivity contribution < 1.29 is 0 Å². The summed E-state index contributed by atoms with van der Waals surface area (Å²) in [4.78, 5) is 9.10. The molecule has 0 aromatic carbocycles. The van der Waals surface area contributed by atoms with Crippen molar-refractivity contribution >= 4 is 0 Å². The van der Waals surface area contributed by atoms with Gasteiger partial charge in [0.15, 0.2) is 0 Å². The fraction of sp³-hybridized carbons (Fsp3) is 0.750. The van der Waals surface area contributed by atoms with E-state index in [1.165, 1.54) is 25.7 Å². The first-order valence-electron chi connectivity index (χ1n) is 7.72. The monoisotopic (exact) mass is 261 g/mol. The van der Waals surface area contributed by atoms with Gasteiger partial charge < -0.3 is 5.32 Å². The summed E-state index contributed by atoms with van der Waals surface area (Å²) in [6.45, 7) is 7.67. The van der Waals surface area contributed by atoms with Gasteiger partial charge in [-0.15, -0.1) is 0 Å². The Morgan fingerprint density at radius 1 is 1.21 bits per heavy atom. The van der Waals surface area contributed by atoms with E-state index >= 15 is 0 Å². The molecule has 0 spiro atoms. The molecule has 1 atom stereocenters. The molecule has 1 fully saturated rings. The summed E-state index contributed by atoms with van der Waals surface area (Å²) in [5.41, 5.74) is 1.13. The van der Waals surface area contributed by atoms with Gasteiger partial charge >= 0.3 is 0 Å². The highest BCUT2D eigenvalue weighted by Crippen LogP contribution is 2.35. The highest BCUT2D eigenvalue weighted by atomic mass is 15.0. The van der Waals surface area contributed by atoms with Crippen molar-refractivity contribution in [1.82, 2.24) is 15.3 Å². The molecule has 0 radical (unpaired) electrons. The van der Waals surface area contributed by atoms with E-state index in [0.29, 0.717) is 12.0 Å². The Hall–Kier alpha value is -0.960. The normalized spacial score (nSPS) is 25.2. The molecule has 1 aliphatic carbocycles. The van der Waals surface area contributed by atoms with Crippen molar-refractivity contribution in [2.24, 2.45) is 11.8 Å². The lowest BCUT2D eigenvalue weighted by molar-refractivity contribution is 0.225. The van der Waals surface area contributed by atoms with Gasteiger partial charge in [-0.1, -0.05) is 26.7 Å². The third-order valence-corrected chi connectivity index (χ3v) is 4.23. The van der Waals surface area contributed by atoms with Crippen LogP contribution in [0.3, 0.4) is 0 Å². The van der Waals surface area contributed by atoms with Crippen LogP contribution in [0.2, 0.25) is 0 Å². The van der Waals surface area contributed by atoms with Crippen molar-refractivity contribution in [2.45, 2.75) is 58.9 Å². The summed E-state index contributed by atoms with van der Waals surface area (Å²) >= 11 is 0. The van der Waals surface area contributed by atoms with E-state index in [0.717, 1.165) is 30.3 Å². The molecule has 1 saturated carbocycles. The average molecular weight is 261 g/mol. The molecule has 0 bridgehead atoms. The number of nitrogens with zero attached hydrogens (tertiary/aromatic N) is 2. The van der Waals surface area contributed by atoms with Gasteiger partial charge in [0.2, 0.25) is 0 Å². The van der Waals surface area contributed by atoms with Gasteiger partial charge in [0, 0.05) is 12.4 Å². The van der Waals surface area contributed by atoms with Crippen LogP contribution in [-0.2, 0) is 0 Å². The zero-order chi connectivity index (χ0) is 13.7. The largest absolute Gasteiger partial charge is 0.307 e. The maximum atomic E-state index is 4.55. The molecule has 3 nitrogen and oxygen atoms in total. The Balaban J connectivity index is 2.08. The minimum Gasteiger partial charge on any atom is -0.307 e. The minimum absolute atomic E-state index is 0.341. The zero-order valence-corrected chi connectivity index (χ0v) is 12.5. The van der Waals surface area contributed by atoms with Crippen LogP contribution < -0.4 is 5.32 Å². The minimum atomic E-state index is 0.341.